The summed E-state index contributed by atoms with van der Waals surface area (Å²) >= 11 is 0. The molecular formula is C15H24N6O. The number of likely N-dealkylation sites (tertiary alicyclic amines) is 1. The second kappa shape index (κ2) is 6.18. The molecule has 2 aromatic rings. The van der Waals surface area contributed by atoms with Crippen LogP contribution in [0.5, 0.6) is 0 Å². The van der Waals surface area contributed by atoms with Gasteiger partial charge in [0.25, 0.3) is 0 Å². The fourth-order valence-corrected chi connectivity index (χ4v) is 2.98. The molecule has 0 bridgehead atoms. The van der Waals surface area contributed by atoms with E-state index >= 15 is 0 Å². The van der Waals surface area contributed by atoms with Crippen LogP contribution in [0.3, 0.4) is 0 Å². The molecule has 0 spiro atoms. The molecule has 7 nitrogen and oxygen atoms in total. The van der Waals surface area contributed by atoms with Crippen LogP contribution in [0.4, 0.5) is 0 Å². The van der Waals surface area contributed by atoms with Gasteiger partial charge in [-0.1, -0.05) is 6.92 Å². The standard InChI is InChI=1S/C15H24N6O/c1-5-13-18-14(20-19-13)8-21-7-11(22-4)6-12(21)15-16-9(2)10(3)17-15/h11-12H,5-8H2,1-4H3,(H,16,17)(H,18,19,20)/t11-,12+/m1/s1. The number of ether oxygens (including phenoxy) is 1. The van der Waals surface area contributed by atoms with Crippen LogP contribution in [0.2, 0.25) is 0 Å². The molecule has 1 fully saturated rings. The predicted molar refractivity (Wildman–Crippen MR) is 82.4 cm³/mol. The van der Waals surface area contributed by atoms with Gasteiger partial charge >= 0.3 is 0 Å². The monoisotopic (exact) mass is 304 g/mol. The van der Waals surface area contributed by atoms with E-state index in [-0.39, 0.29) is 12.1 Å². The predicted octanol–water partition coefficient (Wildman–Crippen LogP) is 1.67. The van der Waals surface area contributed by atoms with Gasteiger partial charge in [0.2, 0.25) is 0 Å². The number of H-pyrrole nitrogens is 2. The Kier molecular flexibility index (Phi) is 4.26. The molecule has 0 radical (unpaired) electrons. The third-order valence-electron chi connectivity index (χ3n) is 4.41. The summed E-state index contributed by atoms with van der Waals surface area (Å²) in [6, 6.07) is 0.229. The quantitative estimate of drug-likeness (QED) is 0.878. The smallest absolute Gasteiger partial charge is 0.150 e. The maximum atomic E-state index is 5.56. The van der Waals surface area contributed by atoms with E-state index in [1.54, 1.807) is 7.11 Å². The number of nitrogens with zero attached hydrogens (tertiary/aromatic N) is 4. The Balaban J connectivity index is 1.79. The molecule has 1 aliphatic rings. The Hall–Kier alpha value is -1.73. The molecule has 2 N–H and O–H groups in total. The first-order valence-electron chi connectivity index (χ1n) is 7.80. The van der Waals surface area contributed by atoms with Gasteiger partial charge in [-0.3, -0.25) is 10.00 Å². The molecule has 1 saturated heterocycles. The number of nitrogens with one attached hydrogen (secondary N) is 2. The minimum absolute atomic E-state index is 0.226. The first-order valence-corrected chi connectivity index (χ1v) is 7.80. The van der Waals surface area contributed by atoms with Crippen molar-refractivity contribution >= 4 is 0 Å². The van der Waals surface area contributed by atoms with Crippen molar-refractivity contribution < 1.29 is 4.74 Å². The third-order valence-corrected chi connectivity index (χ3v) is 4.41. The van der Waals surface area contributed by atoms with Gasteiger partial charge in [0.15, 0.2) is 0 Å². The molecule has 0 aromatic carbocycles. The molecule has 0 unspecified atom stereocenters. The van der Waals surface area contributed by atoms with Crippen molar-refractivity contribution in [2.45, 2.75) is 52.3 Å². The first kappa shape index (κ1) is 15.2. The molecule has 3 rings (SSSR count). The van der Waals surface area contributed by atoms with Crippen LogP contribution in [0.25, 0.3) is 0 Å². The van der Waals surface area contributed by atoms with E-state index < -0.39 is 0 Å². The minimum Gasteiger partial charge on any atom is -0.380 e. The van der Waals surface area contributed by atoms with E-state index in [4.69, 9.17) is 4.74 Å². The second-order valence-electron chi connectivity index (χ2n) is 5.92. The Labute approximate surface area is 130 Å². The Morgan fingerprint density at radius 2 is 2.14 bits per heavy atom. The van der Waals surface area contributed by atoms with Crippen molar-refractivity contribution in [2.75, 3.05) is 13.7 Å². The highest BCUT2D eigenvalue weighted by Gasteiger charge is 2.35. The van der Waals surface area contributed by atoms with Gasteiger partial charge in [-0.15, -0.1) is 0 Å². The molecular weight excluding hydrogens is 280 g/mol. The summed E-state index contributed by atoms with van der Waals surface area (Å²) in [5.41, 5.74) is 2.19. The lowest BCUT2D eigenvalue weighted by Crippen LogP contribution is -2.26. The van der Waals surface area contributed by atoms with Crippen molar-refractivity contribution in [1.29, 1.82) is 0 Å². The van der Waals surface area contributed by atoms with Crippen LogP contribution in [0, 0.1) is 13.8 Å². The molecule has 0 saturated carbocycles. The number of methoxy groups -OCH3 is 1. The lowest BCUT2D eigenvalue weighted by Gasteiger charge is -2.21. The topological polar surface area (TPSA) is 82.7 Å². The largest absolute Gasteiger partial charge is 0.380 e. The highest BCUT2D eigenvalue weighted by molar-refractivity contribution is 5.14. The van der Waals surface area contributed by atoms with Gasteiger partial charge in [-0.05, 0) is 20.3 Å². The van der Waals surface area contributed by atoms with Crippen LogP contribution < -0.4 is 0 Å². The third kappa shape index (κ3) is 2.91. The molecule has 22 heavy (non-hydrogen) atoms. The zero-order valence-corrected chi connectivity index (χ0v) is 13.7. The number of aromatic amines is 2. The van der Waals surface area contributed by atoms with Crippen LogP contribution in [0.15, 0.2) is 0 Å². The average molecular weight is 304 g/mol. The number of aryl methyl sites for hydroxylation is 3. The fourth-order valence-electron chi connectivity index (χ4n) is 2.98. The van der Waals surface area contributed by atoms with Crippen LogP contribution in [-0.4, -0.2) is 49.8 Å². The highest BCUT2D eigenvalue weighted by Crippen LogP contribution is 2.33. The summed E-state index contributed by atoms with van der Waals surface area (Å²) in [6.45, 7) is 7.76. The SMILES string of the molecule is CCc1n[nH]c(CN2C[C@H](OC)C[C@H]2c2nc(C)c(C)[nH]2)n1. The van der Waals surface area contributed by atoms with E-state index in [2.05, 4.69) is 43.9 Å². The average Bonchev–Trinajstić information content (AvgIpc) is 3.20. The van der Waals surface area contributed by atoms with Crippen molar-refractivity contribution in [3.05, 3.63) is 28.9 Å². The Bertz CT molecular complexity index is 614. The highest BCUT2D eigenvalue weighted by atomic mass is 16.5. The molecule has 7 heteroatoms. The summed E-state index contributed by atoms with van der Waals surface area (Å²) in [4.78, 5) is 15.0. The Morgan fingerprint density at radius 3 is 2.73 bits per heavy atom. The summed E-state index contributed by atoms with van der Waals surface area (Å²) in [7, 11) is 1.77. The van der Waals surface area contributed by atoms with E-state index in [0.717, 1.165) is 54.8 Å². The molecule has 120 valence electrons. The number of hydrogen-bond donors (Lipinski definition) is 2. The summed E-state index contributed by atoms with van der Waals surface area (Å²) in [6.07, 6.45) is 2.01. The van der Waals surface area contributed by atoms with Crippen LogP contribution in [0.1, 0.15) is 48.2 Å². The number of aromatic nitrogens is 5. The van der Waals surface area contributed by atoms with Crippen molar-refractivity contribution in [2.24, 2.45) is 0 Å². The van der Waals surface area contributed by atoms with Gasteiger partial charge in [-0.2, -0.15) is 5.10 Å². The van der Waals surface area contributed by atoms with Crippen LogP contribution in [-0.2, 0) is 17.7 Å². The number of imidazole rings is 1. The van der Waals surface area contributed by atoms with E-state index in [0.29, 0.717) is 0 Å². The summed E-state index contributed by atoms with van der Waals surface area (Å²) < 4.78 is 5.56. The zero-order chi connectivity index (χ0) is 15.7. The fraction of sp³-hybridized carbons (Fsp3) is 0.667. The molecule has 1 aliphatic heterocycles. The van der Waals surface area contributed by atoms with Crippen molar-refractivity contribution in [1.82, 2.24) is 30.0 Å². The van der Waals surface area contributed by atoms with Gasteiger partial charge in [0, 0.05) is 25.8 Å². The van der Waals surface area contributed by atoms with Crippen molar-refractivity contribution in [3.63, 3.8) is 0 Å². The Morgan fingerprint density at radius 1 is 1.32 bits per heavy atom. The molecule has 2 atom stereocenters. The number of rotatable bonds is 5. The molecule has 0 amide bonds. The molecule has 3 heterocycles. The van der Waals surface area contributed by atoms with E-state index in [9.17, 15) is 0 Å². The van der Waals surface area contributed by atoms with E-state index in [1.807, 2.05) is 6.92 Å². The molecule has 0 aliphatic carbocycles. The van der Waals surface area contributed by atoms with Crippen molar-refractivity contribution in [3.8, 4) is 0 Å². The van der Waals surface area contributed by atoms with Gasteiger partial charge in [0.05, 0.1) is 24.4 Å². The maximum absolute atomic E-state index is 5.56. The van der Waals surface area contributed by atoms with Gasteiger partial charge < -0.3 is 9.72 Å². The van der Waals surface area contributed by atoms with Gasteiger partial charge in [-0.25, -0.2) is 9.97 Å². The first-order chi connectivity index (χ1) is 10.6. The summed E-state index contributed by atoms with van der Waals surface area (Å²) in [5.74, 6) is 2.78. The van der Waals surface area contributed by atoms with E-state index in [1.165, 1.54) is 0 Å². The summed E-state index contributed by atoms with van der Waals surface area (Å²) in [5, 5.41) is 7.25. The molecule has 2 aromatic heterocycles. The van der Waals surface area contributed by atoms with Crippen LogP contribution >= 0.6 is 0 Å². The number of hydrogen-bond acceptors (Lipinski definition) is 5. The van der Waals surface area contributed by atoms with Gasteiger partial charge in [0.1, 0.15) is 17.5 Å². The zero-order valence-electron chi connectivity index (χ0n) is 13.7. The maximum Gasteiger partial charge on any atom is 0.150 e. The second-order valence-corrected chi connectivity index (χ2v) is 5.92. The normalized spacial score (nSPS) is 22.5. The minimum atomic E-state index is 0.226. The lowest BCUT2D eigenvalue weighted by molar-refractivity contribution is 0.107. The lowest BCUT2D eigenvalue weighted by atomic mass is 10.2.